The van der Waals surface area contributed by atoms with Crippen LogP contribution >= 0.6 is 11.8 Å². The van der Waals surface area contributed by atoms with Gasteiger partial charge in [-0.1, -0.05) is 85.4 Å². The normalized spacial score (nSPS) is 19.9. The number of aliphatic carboxylic acids is 1. The number of nitrogens with one attached hydrogen (secondary N) is 1. The Kier molecular flexibility index (Phi) is 10.4. The van der Waals surface area contributed by atoms with Crippen LogP contribution in [0.3, 0.4) is 0 Å². The molecule has 0 bridgehead atoms. The van der Waals surface area contributed by atoms with E-state index < -0.39 is 12.3 Å². The number of aliphatic hydroxyl groups is 1. The van der Waals surface area contributed by atoms with Gasteiger partial charge >= 0.3 is 5.97 Å². The number of amides is 1. The van der Waals surface area contributed by atoms with Gasteiger partial charge in [0.05, 0.1) is 25.2 Å². The van der Waals surface area contributed by atoms with Crippen molar-refractivity contribution < 1.29 is 29.3 Å². The second kappa shape index (κ2) is 14.6. The summed E-state index contributed by atoms with van der Waals surface area (Å²) in [5.74, 6) is -0.619. The molecule has 1 fully saturated rings. The number of carbonyl (C=O) groups is 2. The summed E-state index contributed by atoms with van der Waals surface area (Å²) in [6.07, 6.45) is -1.22. The predicted molar refractivity (Wildman–Crippen MR) is 163 cm³/mol. The van der Waals surface area contributed by atoms with Crippen LogP contribution in [0.1, 0.15) is 54.4 Å². The van der Waals surface area contributed by atoms with Crippen LogP contribution in [-0.2, 0) is 39.3 Å². The lowest BCUT2D eigenvalue weighted by Crippen LogP contribution is -2.38. The fourth-order valence-electron chi connectivity index (χ4n) is 5.01. The van der Waals surface area contributed by atoms with Crippen molar-refractivity contribution in [1.29, 1.82) is 0 Å². The second-order valence-electron chi connectivity index (χ2n) is 10.7. The van der Waals surface area contributed by atoms with Crippen molar-refractivity contribution >= 4 is 23.6 Å². The fourth-order valence-corrected chi connectivity index (χ4v) is 6.03. The molecule has 12 heteroatoms. The predicted octanol–water partition coefficient (Wildman–Crippen LogP) is 4.43. The first kappa shape index (κ1) is 31.3. The molecule has 11 nitrogen and oxygen atoms in total. The van der Waals surface area contributed by atoms with Crippen molar-refractivity contribution in [3.05, 3.63) is 95.1 Å². The molecular weight excluding hydrogens is 582 g/mol. The molecular formula is C32H35N5O6S. The Morgan fingerprint density at radius 1 is 0.955 bits per heavy atom. The molecule has 0 aliphatic carbocycles. The molecule has 0 radical (unpaired) electrons. The van der Waals surface area contributed by atoms with Crippen LogP contribution in [0.4, 0.5) is 0 Å². The van der Waals surface area contributed by atoms with Crippen molar-refractivity contribution in [2.24, 2.45) is 13.0 Å². The molecule has 1 amide bonds. The Morgan fingerprint density at radius 3 is 2.39 bits per heavy atom. The maximum atomic E-state index is 11.9. The average molecular weight is 618 g/mol. The number of benzene rings is 3. The van der Waals surface area contributed by atoms with Crippen LogP contribution in [0.15, 0.2) is 78.0 Å². The van der Waals surface area contributed by atoms with E-state index in [9.17, 15) is 14.7 Å². The number of hydrogen-bond donors (Lipinski definition) is 3. The minimum absolute atomic E-state index is 0.0191. The van der Waals surface area contributed by atoms with E-state index >= 15 is 0 Å². The highest BCUT2D eigenvalue weighted by molar-refractivity contribution is 7.99. The monoisotopic (exact) mass is 617 g/mol. The Morgan fingerprint density at radius 2 is 1.70 bits per heavy atom. The quantitative estimate of drug-likeness (QED) is 0.195. The summed E-state index contributed by atoms with van der Waals surface area (Å²) in [5.41, 5.74) is 5.64. The number of rotatable bonds is 12. The molecule has 1 saturated heterocycles. The summed E-state index contributed by atoms with van der Waals surface area (Å²) in [6.45, 7) is 2.41. The number of carboxylic acids is 1. The van der Waals surface area contributed by atoms with Crippen LogP contribution in [0.25, 0.3) is 11.1 Å². The molecule has 1 aliphatic rings. The zero-order valence-corrected chi connectivity index (χ0v) is 25.3. The summed E-state index contributed by atoms with van der Waals surface area (Å²) in [7, 11) is 1.81. The Hall–Kier alpha value is -4.10. The zero-order chi connectivity index (χ0) is 31.1. The number of carbonyl (C=O) groups excluding carboxylic acids is 1. The van der Waals surface area contributed by atoms with Crippen LogP contribution in [0.2, 0.25) is 0 Å². The first-order valence-corrected chi connectivity index (χ1v) is 15.3. The molecule has 3 N–H and O–H groups in total. The van der Waals surface area contributed by atoms with Crippen molar-refractivity contribution in [3.8, 4) is 11.1 Å². The number of ether oxygens (including phenoxy) is 2. The maximum Gasteiger partial charge on any atom is 0.303 e. The molecule has 5 rings (SSSR count). The number of nitrogens with zero attached hydrogens (tertiary/aromatic N) is 4. The third kappa shape index (κ3) is 7.88. The summed E-state index contributed by atoms with van der Waals surface area (Å²) < 4.78 is 14.7. The van der Waals surface area contributed by atoms with Gasteiger partial charge in [-0.15, -0.1) is 5.10 Å². The van der Waals surface area contributed by atoms with Crippen LogP contribution in [0, 0.1) is 5.92 Å². The SMILES string of the molecule is C[C@H]1[C@@H](CSc2nnnn2C)O[C@@H](c2ccc(-c3cccc(CNC(=O)CCC(=O)O)c3)cc2)O[C@H]1c1ccc(CO)cc1. The molecule has 0 saturated carbocycles. The number of tetrazole rings is 1. The van der Waals surface area contributed by atoms with Gasteiger partial charge in [-0.25, -0.2) is 4.68 Å². The first-order chi connectivity index (χ1) is 21.3. The maximum absolute atomic E-state index is 11.9. The van der Waals surface area contributed by atoms with Gasteiger partial charge in [0, 0.05) is 37.2 Å². The highest BCUT2D eigenvalue weighted by Gasteiger charge is 2.38. The number of thioether (sulfide) groups is 1. The Balaban J connectivity index is 1.31. The van der Waals surface area contributed by atoms with Crippen molar-refractivity contribution in [2.45, 2.75) is 56.6 Å². The molecule has 4 aromatic rings. The summed E-state index contributed by atoms with van der Waals surface area (Å²) in [6, 6.07) is 23.7. The third-order valence-electron chi connectivity index (χ3n) is 7.58. The molecule has 2 heterocycles. The molecule has 3 aromatic carbocycles. The van der Waals surface area contributed by atoms with Crippen molar-refractivity contribution in [1.82, 2.24) is 25.5 Å². The van der Waals surface area contributed by atoms with E-state index in [0.717, 1.165) is 33.4 Å². The van der Waals surface area contributed by atoms with Crippen LogP contribution in [0.5, 0.6) is 0 Å². The standard InChI is InChI=1S/C32H35N5O6S/c1-20-27(19-44-32-34-35-36-37(32)2)42-31(43-30(20)24-8-6-21(18-38)7-9-24)25-12-10-23(11-13-25)26-5-3-4-22(16-26)17-33-28(39)14-15-29(40)41/h3-13,16,20,27,30-31,38H,14-15,17-19H2,1-2H3,(H,33,39)(H,40,41)/t20-,27+,30+,31+/m0/s1. The lowest BCUT2D eigenvalue weighted by Gasteiger charge is -2.41. The van der Waals surface area contributed by atoms with E-state index in [0.29, 0.717) is 17.5 Å². The highest BCUT2D eigenvalue weighted by Crippen LogP contribution is 2.43. The number of aryl methyl sites for hydroxylation is 1. The van der Waals surface area contributed by atoms with E-state index in [1.54, 1.807) is 11.7 Å². The molecule has 0 unspecified atom stereocenters. The van der Waals surface area contributed by atoms with Gasteiger partial charge in [0.15, 0.2) is 6.29 Å². The smallest absolute Gasteiger partial charge is 0.303 e. The number of carboxylic acid groups (broad SMARTS) is 1. The highest BCUT2D eigenvalue weighted by atomic mass is 32.2. The third-order valence-corrected chi connectivity index (χ3v) is 8.68. The number of aromatic nitrogens is 4. The van der Waals surface area contributed by atoms with E-state index in [1.807, 2.05) is 72.8 Å². The zero-order valence-electron chi connectivity index (χ0n) is 24.5. The van der Waals surface area contributed by atoms with Crippen molar-refractivity contribution in [2.75, 3.05) is 5.75 Å². The van der Waals surface area contributed by atoms with Gasteiger partial charge in [-0.2, -0.15) is 0 Å². The lowest BCUT2D eigenvalue weighted by molar-refractivity contribution is -0.268. The fraction of sp³-hybridized carbons (Fsp3) is 0.344. The minimum atomic E-state index is -0.995. The summed E-state index contributed by atoms with van der Waals surface area (Å²) in [4.78, 5) is 22.7. The van der Waals surface area contributed by atoms with Crippen LogP contribution in [-0.4, -0.2) is 54.2 Å². The van der Waals surface area contributed by atoms with Gasteiger partial charge < -0.3 is 25.0 Å². The topological polar surface area (TPSA) is 149 Å². The number of aliphatic hydroxyl groups excluding tert-OH is 1. The Bertz CT molecular complexity index is 1560. The van der Waals surface area contributed by atoms with E-state index in [1.165, 1.54) is 11.8 Å². The Labute approximate surface area is 259 Å². The molecule has 1 aliphatic heterocycles. The van der Waals surface area contributed by atoms with Crippen LogP contribution < -0.4 is 5.32 Å². The van der Waals surface area contributed by atoms with Gasteiger partial charge in [0.2, 0.25) is 11.1 Å². The van der Waals surface area contributed by atoms with Gasteiger partial charge in [-0.3, -0.25) is 9.59 Å². The minimum Gasteiger partial charge on any atom is -0.481 e. The molecule has 1 aromatic heterocycles. The van der Waals surface area contributed by atoms with Gasteiger partial charge in [-0.05, 0) is 44.3 Å². The number of hydrogen-bond acceptors (Lipinski definition) is 9. The van der Waals surface area contributed by atoms with E-state index in [2.05, 4.69) is 27.8 Å². The summed E-state index contributed by atoms with van der Waals surface area (Å²) >= 11 is 1.54. The molecule has 0 spiro atoms. The summed E-state index contributed by atoms with van der Waals surface area (Å²) in [5, 5.41) is 33.5. The van der Waals surface area contributed by atoms with E-state index in [-0.39, 0.29) is 43.5 Å². The largest absolute Gasteiger partial charge is 0.481 e. The van der Waals surface area contributed by atoms with Gasteiger partial charge in [0.1, 0.15) is 0 Å². The lowest BCUT2D eigenvalue weighted by atomic mass is 9.91. The molecule has 230 valence electrons. The molecule has 44 heavy (non-hydrogen) atoms. The van der Waals surface area contributed by atoms with Crippen molar-refractivity contribution in [3.63, 3.8) is 0 Å². The molecule has 4 atom stereocenters. The second-order valence-corrected chi connectivity index (χ2v) is 11.7. The average Bonchev–Trinajstić information content (AvgIpc) is 3.46. The van der Waals surface area contributed by atoms with Gasteiger partial charge in [0.25, 0.3) is 0 Å². The first-order valence-electron chi connectivity index (χ1n) is 14.3. The van der Waals surface area contributed by atoms with E-state index in [4.69, 9.17) is 14.6 Å².